The first-order valence-corrected chi connectivity index (χ1v) is 20.1. The van der Waals surface area contributed by atoms with Crippen molar-refractivity contribution in [2.45, 2.75) is 0 Å². The van der Waals surface area contributed by atoms with E-state index in [1.165, 1.54) is 54.1 Å². The fourth-order valence-corrected chi connectivity index (χ4v) is 9.65. The third-order valence-electron chi connectivity index (χ3n) is 12.2. The number of rotatable bonds is 4. The minimum absolute atomic E-state index is 0.799. The van der Waals surface area contributed by atoms with Gasteiger partial charge in [-0.15, -0.1) is 0 Å². The Labute approximate surface area is 338 Å². The van der Waals surface area contributed by atoms with Crippen LogP contribution in [-0.2, 0) is 0 Å². The number of fused-ring (bicyclic) bond motifs is 11. The molecule has 0 amide bonds. The lowest BCUT2D eigenvalue weighted by molar-refractivity contribution is 1.08. The Hall–Kier alpha value is -8.02. The molecule has 4 heterocycles. The Kier molecular flexibility index (Phi) is 6.66. The van der Waals surface area contributed by atoms with Crippen molar-refractivity contribution in [1.29, 1.82) is 0 Å². The van der Waals surface area contributed by atoms with Gasteiger partial charge in [-0.25, -0.2) is 9.97 Å². The predicted molar refractivity (Wildman–Crippen MR) is 245 cm³/mol. The average Bonchev–Trinajstić information content (AvgIpc) is 3.93. The van der Waals surface area contributed by atoms with Crippen LogP contribution in [0.2, 0.25) is 0 Å². The molecule has 0 aliphatic carbocycles. The van der Waals surface area contributed by atoms with E-state index in [0.29, 0.717) is 0 Å². The second-order valence-corrected chi connectivity index (χ2v) is 15.4. The average molecular weight is 752 g/mol. The maximum Gasteiger partial charge on any atom is 0.165 e. The summed E-state index contributed by atoms with van der Waals surface area (Å²) >= 11 is 0. The lowest BCUT2D eigenvalue weighted by atomic mass is 10.0. The standard InChI is InChI=1S/C54H33N5/c1-3-16-36(17-4-1)57-47-27-12-8-21-39(47)43-30-35-33-51-44(31-34(35)32-50(43)57)40-22-9-14-29-49(40)59(51)54-52(55-45-25-10-11-26-46(45)56-54)42-24-15-23-41-38-20-7-13-28-48(38)58(53(41)42)37-18-5-2-6-19-37/h1-33H. The molecule has 13 rings (SSSR count). The highest BCUT2D eigenvalue weighted by molar-refractivity contribution is 6.19. The van der Waals surface area contributed by atoms with Gasteiger partial charge < -0.3 is 9.13 Å². The van der Waals surface area contributed by atoms with Gasteiger partial charge in [0.2, 0.25) is 0 Å². The molecule has 9 aromatic carbocycles. The van der Waals surface area contributed by atoms with E-state index in [1.807, 2.05) is 12.1 Å². The molecule has 0 saturated carbocycles. The van der Waals surface area contributed by atoms with Crippen LogP contribution in [0.5, 0.6) is 0 Å². The van der Waals surface area contributed by atoms with Crippen LogP contribution >= 0.6 is 0 Å². The van der Waals surface area contributed by atoms with Gasteiger partial charge in [0.25, 0.3) is 0 Å². The van der Waals surface area contributed by atoms with E-state index in [4.69, 9.17) is 9.97 Å². The molecule has 0 fully saturated rings. The Morgan fingerprint density at radius 2 is 0.763 bits per heavy atom. The van der Waals surface area contributed by atoms with Gasteiger partial charge in [-0.2, -0.15) is 0 Å². The smallest absolute Gasteiger partial charge is 0.165 e. The van der Waals surface area contributed by atoms with Gasteiger partial charge in [0, 0.05) is 49.3 Å². The van der Waals surface area contributed by atoms with Crippen LogP contribution in [0.1, 0.15) is 0 Å². The molecule has 59 heavy (non-hydrogen) atoms. The fourth-order valence-electron chi connectivity index (χ4n) is 9.65. The molecule has 0 bridgehead atoms. The topological polar surface area (TPSA) is 40.6 Å². The first-order chi connectivity index (χ1) is 29.3. The summed E-state index contributed by atoms with van der Waals surface area (Å²) in [5.74, 6) is 0.799. The van der Waals surface area contributed by atoms with E-state index in [2.05, 4.69) is 202 Å². The predicted octanol–water partition coefficient (Wildman–Crippen LogP) is 13.7. The summed E-state index contributed by atoms with van der Waals surface area (Å²) in [4.78, 5) is 11.1. The molecule has 0 atom stereocenters. The van der Waals surface area contributed by atoms with Crippen molar-refractivity contribution in [2.75, 3.05) is 0 Å². The monoisotopic (exact) mass is 751 g/mol. The molecular weight excluding hydrogens is 719 g/mol. The maximum atomic E-state index is 5.55. The van der Waals surface area contributed by atoms with Crippen molar-refractivity contribution in [2.24, 2.45) is 0 Å². The molecule has 0 unspecified atom stereocenters. The molecule has 0 saturated heterocycles. The van der Waals surface area contributed by atoms with E-state index in [1.54, 1.807) is 0 Å². The van der Waals surface area contributed by atoms with Crippen LogP contribution in [0, 0.1) is 0 Å². The molecular formula is C54H33N5. The second-order valence-electron chi connectivity index (χ2n) is 15.4. The van der Waals surface area contributed by atoms with Gasteiger partial charge in [-0.1, -0.05) is 121 Å². The van der Waals surface area contributed by atoms with E-state index in [9.17, 15) is 0 Å². The van der Waals surface area contributed by atoms with Crippen molar-refractivity contribution in [3.05, 3.63) is 200 Å². The lowest BCUT2D eigenvalue weighted by Gasteiger charge is -2.16. The summed E-state index contributed by atoms with van der Waals surface area (Å²) in [7, 11) is 0. The molecule has 274 valence electrons. The van der Waals surface area contributed by atoms with Gasteiger partial charge in [0.15, 0.2) is 5.82 Å². The third-order valence-corrected chi connectivity index (χ3v) is 12.2. The van der Waals surface area contributed by atoms with Gasteiger partial charge in [-0.05, 0) is 89.6 Å². The summed E-state index contributed by atoms with van der Waals surface area (Å²) in [6.45, 7) is 0. The van der Waals surface area contributed by atoms with Crippen molar-refractivity contribution in [3.63, 3.8) is 0 Å². The molecule has 0 N–H and O–H groups in total. The molecule has 13 aromatic rings. The van der Waals surface area contributed by atoms with Crippen LogP contribution in [0.15, 0.2) is 200 Å². The van der Waals surface area contributed by atoms with Gasteiger partial charge in [-0.3, -0.25) is 4.57 Å². The van der Waals surface area contributed by atoms with Gasteiger partial charge in [0.05, 0.1) is 44.1 Å². The summed E-state index contributed by atoms with van der Waals surface area (Å²) in [6, 6.07) is 71.8. The first-order valence-electron chi connectivity index (χ1n) is 20.1. The molecule has 4 aromatic heterocycles. The van der Waals surface area contributed by atoms with Gasteiger partial charge in [0.1, 0.15) is 5.69 Å². The SMILES string of the molecule is c1ccc(-n2c3ccccc3c3cc4cc5c(cc4cc32)c2ccccc2n5-c2nc3ccccc3nc2-c2cccc3c4ccccc4n(-c4ccccc4)c23)cc1. The number of hydrogen-bond donors (Lipinski definition) is 0. The molecule has 0 spiro atoms. The fraction of sp³-hybridized carbons (Fsp3) is 0. The molecule has 5 nitrogen and oxygen atoms in total. The second kappa shape index (κ2) is 12.2. The summed E-state index contributed by atoms with van der Waals surface area (Å²) in [5.41, 5.74) is 12.6. The number of para-hydroxylation sites is 8. The van der Waals surface area contributed by atoms with Crippen LogP contribution < -0.4 is 0 Å². The zero-order valence-electron chi connectivity index (χ0n) is 31.8. The van der Waals surface area contributed by atoms with Crippen LogP contribution in [-0.4, -0.2) is 23.7 Å². The van der Waals surface area contributed by atoms with E-state index < -0.39 is 0 Å². The summed E-state index contributed by atoms with van der Waals surface area (Å²) < 4.78 is 7.13. The number of benzene rings is 9. The Morgan fingerprint density at radius 1 is 0.305 bits per heavy atom. The molecule has 0 aliphatic heterocycles. The Balaban J connectivity index is 1.15. The Morgan fingerprint density at radius 3 is 1.39 bits per heavy atom. The minimum Gasteiger partial charge on any atom is -0.309 e. The summed E-state index contributed by atoms with van der Waals surface area (Å²) in [5, 5.41) is 9.55. The van der Waals surface area contributed by atoms with Crippen molar-refractivity contribution >= 4 is 87.2 Å². The molecule has 0 aliphatic rings. The van der Waals surface area contributed by atoms with Crippen LogP contribution in [0.4, 0.5) is 0 Å². The van der Waals surface area contributed by atoms with Crippen molar-refractivity contribution < 1.29 is 0 Å². The largest absolute Gasteiger partial charge is 0.309 e. The van der Waals surface area contributed by atoms with E-state index in [0.717, 1.165) is 61.6 Å². The zero-order chi connectivity index (χ0) is 38.6. The maximum absolute atomic E-state index is 5.55. The number of aromatic nitrogens is 5. The number of hydrogen-bond acceptors (Lipinski definition) is 2. The van der Waals surface area contributed by atoms with E-state index in [-0.39, 0.29) is 0 Å². The third kappa shape index (κ3) is 4.61. The van der Waals surface area contributed by atoms with Crippen molar-refractivity contribution in [1.82, 2.24) is 23.7 Å². The highest BCUT2D eigenvalue weighted by Gasteiger charge is 2.24. The minimum atomic E-state index is 0.799. The Bertz CT molecular complexity index is 3830. The highest BCUT2D eigenvalue weighted by Crippen LogP contribution is 2.43. The normalized spacial score (nSPS) is 12.1. The first kappa shape index (κ1) is 32.1. The van der Waals surface area contributed by atoms with Crippen LogP contribution in [0.3, 0.4) is 0 Å². The zero-order valence-corrected chi connectivity index (χ0v) is 31.8. The molecule has 5 heteroatoms. The van der Waals surface area contributed by atoms with Crippen molar-refractivity contribution in [3.8, 4) is 28.5 Å². The van der Waals surface area contributed by atoms with Gasteiger partial charge >= 0.3 is 0 Å². The molecule has 0 radical (unpaired) electrons. The number of nitrogens with zero attached hydrogens (tertiary/aromatic N) is 5. The van der Waals surface area contributed by atoms with Crippen LogP contribution in [0.25, 0.3) is 116 Å². The van der Waals surface area contributed by atoms with E-state index >= 15 is 0 Å². The lowest BCUT2D eigenvalue weighted by Crippen LogP contribution is -2.05. The highest BCUT2D eigenvalue weighted by atomic mass is 15.1. The quantitative estimate of drug-likeness (QED) is 0.180. The summed E-state index contributed by atoms with van der Waals surface area (Å²) in [6.07, 6.45) is 0.